The molecular formula is C11H13F3N2O3. The Labute approximate surface area is 107 Å². The molecule has 0 atom stereocenters. The maximum Gasteiger partial charge on any atom is 0.439 e. The standard InChI is InChI=1S/C11H13F3N2O3/c1-6-5-15-8(18-6)7(11(12,13)14)16-9(17)19-10(2,3)4/h5H,1-4H3. The number of hydrogen-bond donors (Lipinski definition) is 0. The van der Waals surface area contributed by atoms with E-state index in [4.69, 9.17) is 9.15 Å². The fourth-order valence-electron chi connectivity index (χ4n) is 1.07. The lowest BCUT2D eigenvalue weighted by Gasteiger charge is -2.17. The molecule has 19 heavy (non-hydrogen) atoms. The zero-order chi connectivity index (χ0) is 14.8. The normalized spacial score (nSPS) is 13.5. The van der Waals surface area contributed by atoms with Gasteiger partial charge in [0.05, 0.1) is 6.20 Å². The van der Waals surface area contributed by atoms with E-state index in [1.807, 2.05) is 0 Å². The van der Waals surface area contributed by atoms with Gasteiger partial charge in [0.15, 0.2) is 0 Å². The van der Waals surface area contributed by atoms with Gasteiger partial charge < -0.3 is 9.15 Å². The maximum atomic E-state index is 12.8. The van der Waals surface area contributed by atoms with Gasteiger partial charge in [0.1, 0.15) is 11.4 Å². The van der Waals surface area contributed by atoms with Gasteiger partial charge in [-0.3, -0.25) is 0 Å². The molecule has 0 saturated heterocycles. The highest BCUT2D eigenvalue weighted by Crippen LogP contribution is 2.23. The molecule has 0 aromatic carbocycles. The summed E-state index contributed by atoms with van der Waals surface area (Å²) in [5.41, 5.74) is -2.46. The van der Waals surface area contributed by atoms with Gasteiger partial charge in [0.2, 0.25) is 5.71 Å². The van der Waals surface area contributed by atoms with Crippen LogP contribution in [0.25, 0.3) is 0 Å². The second-order valence-electron chi connectivity index (χ2n) is 4.71. The van der Waals surface area contributed by atoms with Crippen molar-refractivity contribution in [3.05, 3.63) is 17.8 Å². The summed E-state index contributed by atoms with van der Waals surface area (Å²) < 4.78 is 47.7. The summed E-state index contributed by atoms with van der Waals surface area (Å²) in [5.74, 6) is -0.591. The number of aliphatic imine (C=N–C) groups is 1. The number of amides is 1. The predicted molar refractivity (Wildman–Crippen MR) is 60.1 cm³/mol. The summed E-state index contributed by atoms with van der Waals surface area (Å²) >= 11 is 0. The maximum absolute atomic E-state index is 12.8. The van der Waals surface area contributed by atoms with Gasteiger partial charge >= 0.3 is 12.3 Å². The first-order valence-electron chi connectivity index (χ1n) is 5.31. The molecule has 0 bridgehead atoms. The fraction of sp³-hybridized carbons (Fsp3) is 0.545. The molecule has 0 radical (unpaired) electrons. The van der Waals surface area contributed by atoms with Gasteiger partial charge in [-0.25, -0.2) is 9.78 Å². The average molecular weight is 278 g/mol. The number of hydrogen-bond acceptors (Lipinski definition) is 4. The molecule has 0 fully saturated rings. The smallest absolute Gasteiger partial charge is 0.439 e. The number of oxazole rings is 1. The van der Waals surface area contributed by atoms with Crippen molar-refractivity contribution in [2.75, 3.05) is 0 Å². The highest BCUT2D eigenvalue weighted by Gasteiger charge is 2.41. The zero-order valence-electron chi connectivity index (χ0n) is 10.8. The Morgan fingerprint density at radius 1 is 1.37 bits per heavy atom. The number of carbonyl (C=O) groups is 1. The van der Waals surface area contributed by atoms with Crippen LogP contribution in [0.5, 0.6) is 0 Å². The molecule has 0 saturated carbocycles. The number of halogens is 3. The van der Waals surface area contributed by atoms with Crippen LogP contribution in [0.1, 0.15) is 32.4 Å². The molecule has 1 aromatic heterocycles. The van der Waals surface area contributed by atoms with E-state index >= 15 is 0 Å². The third kappa shape index (κ3) is 4.72. The topological polar surface area (TPSA) is 64.7 Å². The van der Waals surface area contributed by atoms with Gasteiger partial charge in [-0.2, -0.15) is 18.2 Å². The van der Waals surface area contributed by atoms with Gasteiger partial charge in [0, 0.05) is 0 Å². The molecule has 5 nitrogen and oxygen atoms in total. The molecule has 1 aromatic rings. The second kappa shape index (κ2) is 5.02. The van der Waals surface area contributed by atoms with Crippen LogP contribution in [-0.4, -0.2) is 28.6 Å². The van der Waals surface area contributed by atoms with Crippen LogP contribution in [0.4, 0.5) is 18.0 Å². The molecular weight excluding hydrogens is 265 g/mol. The predicted octanol–water partition coefficient (Wildman–Crippen LogP) is 3.27. The van der Waals surface area contributed by atoms with Crippen LogP contribution in [0.15, 0.2) is 15.6 Å². The summed E-state index contributed by atoms with van der Waals surface area (Å²) in [6.07, 6.45) is -5.12. The van der Waals surface area contributed by atoms with E-state index in [1.165, 1.54) is 27.7 Å². The highest BCUT2D eigenvalue weighted by molar-refractivity contribution is 6.05. The highest BCUT2D eigenvalue weighted by atomic mass is 19.4. The van der Waals surface area contributed by atoms with Crippen molar-refractivity contribution in [2.45, 2.75) is 39.5 Å². The van der Waals surface area contributed by atoms with Crippen molar-refractivity contribution >= 4 is 11.8 Å². The Kier molecular flexibility index (Phi) is 4.02. The first-order chi connectivity index (χ1) is 8.49. The monoisotopic (exact) mass is 278 g/mol. The number of aryl methyl sites for hydroxylation is 1. The van der Waals surface area contributed by atoms with E-state index in [0.717, 1.165) is 6.20 Å². The molecule has 0 aliphatic heterocycles. The molecule has 1 amide bonds. The van der Waals surface area contributed by atoms with Gasteiger partial charge in [-0.15, -0.1) is 0 Å². The quantitative estimate of drug-likeness (QED) is 0.739. The van der Waals surface area contributed by atoms with Crippen molar-refractivity contribution in [2.24, 2.45) is 4.99 Å². The lowest BCUT2D eigenvalue weighted by Crippen LogP contribution is -2.28. The third-order valence-corrected chi connectivity index (χ3v) is 1.69. The van der Waals surface area contributed by atoms with Crippen LogP contribution < -0.4 is 0 Å². The molecule has 1 heterocycles. The van der Waals surface area contributed by atoms with E-state index in [1.54, 1.807) is 0 Å². The summed E-state index contributed by atoms with van der Waals surface area (Å²) in [5, 5.41) is 0. The molecule has 0 aliphatic rings. The molecule has 0 unspecified atom stereocenters. The van der Waals surface area contributed by atoms with E-state index in [9.17, 15) is 18.0 Å². The Balaban J connectivity index is 3.09. The second-order valence-corrected chi connectivity index (χ2v) is 4.71. The van der Waals surface area contributed by atoms with E-state index in [2.05, 4.69) is 9.98 Å². The summed E-state index contributed by atoms with van der Waals surface area (Å²) in [6, 6.07) is 0. The lowest BCUT2D eigenvalue weighted by atomic mass is 10.2. The Bertz CT molecular complexity index is 498. The Morgan fingerprint density at radius 2 is 1.95 bits per heavy atom. The minimum absolute atomic E-state index is 0.177. The molecule has 8 heteroatoms. The van der Waals surface area contributed by atoms with Crippen LogP contribution in [0, 0.1) is 6.92 Å². The average Bonchev–Trinajstić information content (AvgIpc) is 2.56. The van der Waals surface area contributed by atoms with E-state index < -0.39 is 29.5 Å². The number of rotatable bonds is 1. The van der Waals surface area contributed by atoms with Crippen molar-refractivity contribution in [3.8, 4) is 0 Å². The van der Waals surface area contributed by atoms with E-state index in [-0.39, 0.29) is 5.76 Å². The SMILES string of the molecule is Cc1cnc(C(=NC(=O)OC(C)(C)C)C(F)(F)F)o1. The van der Waals surface area contributed by atoms with Crippen molar-refractivity contribution in [3.63, 3.8) is 0 Å². The largest absolute Gasteiger partial charge is 0.442 e. The third-order valence-electron chi connectivity index (χ3n) is 1.69. The minimum Gasteiger partial charge on any atom is -0.442 e. The number of nitrogens with zero attached hydrogens (tertiary/aromatic N) is 2. The summed E-state index contributed by atoms with van der Waals surface area (Å²) in [6.45, 7) is 5.98. The van der Waals surface area contributed by atoms with Gasteiger partial charge in [-0.05, 0) is 27.7 Å². The number of alkyl halides is 3. The van der Waals surface area contributed by atoms with Gasteiger partial charge in [0.25, 0.3) is 5.89 Å². The first kappa shape index (κ1) is 15.2. The lowest BCUT2D eigenvalue weighted by molar-refractivity contribution is -0.0595. The minimum atomic E-state index is -4.87. The van der Waals surface area contributed by atoms with Gasteiger partial charge in [-0.1, -0.05) is 0 Å². The fourth-order valence-corrected chi connectivity index (χ4v) is 1.07. The van der Waals surface area contributed by atoms with Crippen molar-refractivity contribution in [1.82, 2.24) is 4.98 Å². The molecule has 0 aliphatic carbocycles. The number of carbonyl (C=O) groups excluding carboxylic acids is 1. The van der Waals surface area contributed by atoms with Crippen molar-refractivity contribution < 1.29 is 27.1 Å². The first-order valence-corrected chi connectivity index (χ1v) is 5.31. The Morgan fingerprint density at radius 3 is 2.32 bits per heavy atom. The van der Waals surface area contributed by atoms with Crippen LogP contribution in [0.2, 0.25) is 0 Å². The molecule has 106 valence electrons. The molecule has 0 N–H and O–H groups in total. The number of aromatic nitrogens is 1. The summed E-state index contributed by atoms with van der Waals surface area (Å²) in [4.78, 5) is 17.6. The summed E-state index contributed by atoms with van der Waals surface area (Å²) in [7, 11) is 0. The Hall–Kier alpha value is -1.86. The zero-order valence-corrected chi connectivity index (χ0v) is 10.8. The number of ether oxygens (including phenoxy) is 1. The van der Waals surface area contributed by atoms with Crippen LogP contribution in [-0.2, 0) is 4.74 Å². The molecule has 0 spiro atoms. The van der Waals surface area contributed by atoms with E-state index in [0.29, 0.717) is 0 Å². The van der Waals surface area contributed by atoms with Crippen LogP contribution >= 0.6 is 0 Å². The molecule has 1 rings (SSSR count). The van der Waals surface area contributed by atoms with Crippen LogP contribution in [0.3, 0.4) is 0 Å². The van der Waals surface area contributed by atoms with Crippen molar-refractivity contribution in [1.29, 1.82) is 0 Å².